The lowest BCUT2D eigenvalue weighted by Gasteiger charge is -2.41. The van der Waals surface area contributed by atoms with E-state index in [1.807, 2.05) is 4.90 Å². The van der Waals surface area contributed by atoms with Crippen molar-refractivity contribution in [2.24, 2.45) is 5.41 Å². The van der Waals surface area contributed by atoms with E-state index in [4.69, 9.17) is 4.74 Å². The van der Waals surface area contributed by atoms with Crippen LogP contribution in [0.5, 0.6) is 0 Å². The number of carbonyl (C=O) groups is 1. The molecule has 0 aromatic rings. The highest BCUT2D eigenvalue weighted by atomic mass is 16.5. The van der Waals surface area contributed by atoms with Crippen LogP contribution < -0.4 is 5.32 Å². The van der Waals surface area contributed by atoms with Crippen molar-refractivity contribution in [3.63, 3.8) is 0 Å². The van der Waals surface area contributed by atoms with E-state index in [1.54, 1.807) is 7.11 Å². The lowest BCUT2D eigenvalue weighted by atomic mass is 9.74. The minimum absolute atomic E-state index is 0.141. The molecule has 0 bridgehead atoms. The summed E-state index contributed by atoms with van der Waals surface area (Å²) >= 11 is 0. The van der Waals surface area contributed by atoms with E-state index in [9.17, 15) is 4.79 Å². The Morgan fingerprint density at radius 3 is 2.47 bits per heavy atom. The van der Waals surface area contributed by atoms with E-state index in [2.05, 4.69) is 26.1 Å². The third kappa shape index (κ3) is 4.18. The molecule has 0 aromatic carbocycles. The summed E-state index contributed by atoms with van der Waals surface area (Å²) in [5.41, 5.74) is -0.141. The lowest BCUT2D eigenvalue weighted by Crippen LogP contribution is -2.52. The van der Waals surface area contributed by atoms with Crippen LogP contribution in [0.25, 0.3) is 0 Å². The standard InChI is InChI=1S/C15H30N2O2/c1-5-6-15(7-9-16-10-8-15)14(18)17(13(2)3)11-12-19-4/h13,16H,5-12H2,1-4H3. The van der Waals surface area contributed by atoms with E-state index in [0.717, 1.165) is 38.8 Å². The summed E-state index contributed by atoms with van der Waals surface area (Å²) in [6.45, 7) is 9.59. The number of methoxy groups -OCH3 is 1. The maximum absolute atomic E-state index is 13.0. The summed E-state index contributed by atoms with van der Waals surface area (Å²) in [4.78, 5) is 15.0. The highest BCUT2D eigenvalue weighted by Gasteiger charge is 2.41. The smallest absolute Gasteiger partial charge is 0.229 e. The van der Waals surface area contributed by atoms with Crippen LogP contribution in [-0.4, -0.2) is 50.2 Å². The van der Waals surface area contributed by atoms with Crippen molar-refractivity contribution in [3.05, 3.63) is 0 Å². The van der Waals surface area contributed by atoms with Crippen LogP contribution in [0, 0.1) is 5.41 Å². The third-order valence-electron chi connectivity index (χ3n) is 4.16. The van der Waals surface area contributed by atoms with Gasteiger partial charge in [0.1, 0.15) is 0 Å². The monoisotopic (exact) mass is 270 g/mol. The first-order valence-corrected chi connectivity index (χ1v) is 7.58. The SMILES string of the molecule is CCCC1(C(=O)N(CCOC)C(C)C)CCNCC1. The zero-order chi connectivity index (χ0) is 14.3. The Bertz CT molecular complexity index is 268. The molecule has 1 aliphatic rings. The summed E-state index contributed by atoms with van der Waals surface area (Å²) < 4.78 is 5.15. The Labute approximate surface area is 117 Å². The van der Waals surface area contributed by atoms with E-state index in [-0.39, 0.29) is 11.5 Å². The molecule has 0 unspecified atom stereocenters. The van der Waals surface area contributed by atoms with E-state index >= 15 is 0 Å². The average molecular weight is 270 g/mol. The average Bonchev–Trinajstić information content (AvgIpc) is 2.40. The Balaban J connectivity index is 2.82. The molecule has 1 heterocycles. The second-order valence-corrected chi connectivity index (χ2v) is 5.87. The molecule has 19 heavy (non-hydrogen) atoms. The fourth-order valence-electron chi connectivity index (χ4n) is 3.04. The first-order valence-electron chi connectivity index (χ1n) is 7.58. The number of ether oxygens (including phenoxy) is 1. The Morgan fingerprint density at radius 1 is 1.37 bits per heavy atom. The molecule has 1 fully saturated rings. The third-order valence-corrected chi connectivity index (χ3v) is 4.16. The summed E-state index contributed by atoms with van der Waals surface area (Å²) in [6.07, 6.45) is 4.01. The van der Waals surface area contributed by atoms with Crippen molar-refractivity contribution >= 4 is 5.91 Å². The molecule has 0 saturated carbocycles. The summed E-state index contributed by atoms with van der Waals surface area (Å²) in [5, 5.41) is 3.37. The van der Waals surface area contributed by atoms with Crippen LogP contribution in [0.15, 0.2) is 0 Å². The number of hydrogen-bond donors (Lipinski definition) is 1. The van der Waals surface area contributed by atoms with Crippen molar-refractivity contribution < 1.29 is 9.53 Å². The van der Waals surface area contributed by atoms with Gasteiger partial charge in [-0.3, -0.25) is 4.79 Å². The van der Waals surface area contributed by atoms with E-state index in [0.29, 0.717) is 19.1 Å². The minimum atomic E-state index is -0.141. The maximum Gasteiger partial charge on any atom is 0.229 e. The Kier molecular flexibility index (Phi) is 6.80. The molecular formula is C15H30N2O2. The van der Waals surface area contributed by atoms with Crippen LogP contribution in [0.4, 0.5) is 0 Å². The van der Waals surface area contributed by atoms with Gasteiger partial charge in [-0.05, 0) is 46.2 Å². The van der Waals surface area contributed by atoms with Crippen LogP contribution >= 0.6 is 0 Å². The van der Waals surface area contributed by atoms with Gasteiger partial charge < -0.3 is 15.0 Å². The molecule has 0 atom stereocenters. The van der Waals surface area contributed by atoms with Crippen molar-refractivity contribution in [2.45, 2.75) is 52.5 Å². The molecule has 112 valence electrons. The molecule has 1 N–H and O–H groups in total. The van der Waals surface area contributed by atoms with Crippen LogP contribution in [0.3, 0.4) is 0 Å². The number of carbonyl (C=O) groups excluding carboxylic acids is 1. The van der Waals surface area contributed by atoms with Crippen molar-refractivity contribution in [1.82, 2.24) is 10.2 Å². The molecule has 0 aromatic heterocycles. The molecule has 0 radical (unpaired) electrons. The van der Waals surface area contributed by atoms with E-state index < -0.39 is 0 Å². The number of nitrogens with zero attached hydrogens (tertiary/aromatic N) is 1. The zero-order valence-electron chi connectivity index (χ0n) is 13.0. The molecule has 4 heteroatoms. The van der Waals surface area contributed by atoms with Gasteiger partial charge in [0, 0.05) is 19.7 Å². The Morgan fingerprint density at radius 2 is 2.00 bits per heavy atom. The second kappa shape index (κ2) is 7.85. The number of rotatable bonds is 7. The fourth-order valence-corrected chi connectivity index (χ4v) is 3.04. The minimum Gasteiger partial charge on any atom is -0.383 e. The number of hydrogen-bond acceptors (Lipinski definition) is 3. The predicted octanol–water partition coefficient (Wildman–Crippen LogP) is 2.04. The van der Waals surface area contributed by atoms with E-state index in [1.165, 1.54) is 0 Å². The fraction of sp³-hybridized carbons (Fsp3) is 0.933. The van der Waals surface area contributed by atoms with Gasteiger partial charge >= 0.3 is 0 Å². The molecule has 1 amide bonds. The van der Waals surface area contributed by atoms with Gasteiger partial charge in [0.05, 0.1) is 12.0 Å². The Hall–Kier alpha value is -0.610. The van der Waals surface area contributed by atoms with Crippen LogP contribution in [0.2, 0.25) is 0 Å². The summed E-state index contributed by atoms with van der Waals surface area (Å²) in [6, 6.07) is 0.242. The van der Waals surface area contributed by atoms with Crippen LogP contribution in [-0.2, 0) is 9.53 Å². The highest BCUT2D eigenvalue weighted by molar-refractivity contribution is 5.83. The largest absolute Gasteiger partial charge is 0.383 e. The van der Waals surface area contributed by atoms with Crippen molar-refractivity contribution in [3.8, 4) is 0 Å². The van der Waals surface area contributed by atoms with Gasteiger partial charge in [-0.15, -0.1) is 0 Å². The first-order chi connectivity index (χ1) is 9.07. The van der Waals surface area contributed by atoms with Gasteiger partial charge in [-0.25, -0.2) is 0 Å². The number of piperidine rings is 1. The highest BCUT2D eigenvalue weighted by Crippen LogP contribution is 2.36. The molecular weight excluding hydrogens is 240 g/mol. The molecule has 4 nitrogen and oxygen atoms in total. The van der Waals surface area contributed by atoms with Gasteiger partial charge in [0.15, 0.2) is 0 Å². The van der Waals surface area contributed by atoms with Gasteiger partial charge in [0.25, 0.3) is 0 Å². The van der Waals surface area contributed by atoms with Crippen molar-refractivity contribution in [1.29, 1.82) is 0 Å². The molecule has 0 aliphatic carbocycles. The normalized spacial score (nSPS) is 18.6. The van der Waals surface area contributed by atoms with Crippen LogP contribution in [0.1, 0.15) is 46.5 Å². The molecule has 1 saturated heterocycles. The zero-order valence-corrected chi connectivity index (χ0v) is 13.0. The van der Waals surface area contributed by atoms with Crippen molar-refractivity contribution in [2.75, 3.05) is 33.4 Å². The quantitative estimate of drug-likeness (QED) is 0.770. The lowest BCUT2D eigenvalue weighted by molar-refractivity contribution is -0.147. The second-order valence-electron chi connectivity index (χ2n) is 5.87. The molecule has 1 aliphatic heterocycles. The molecule has 0 spiro atoms. The topological polar surface area (TPSA) is 41.6 Å². The van der Waals surface area contributed by atoms with Gasteiger partial charge in [-0.1, -0.05) is 13.3 Å². The predicted molar refractivity (Wildman–Crippen MR) is 78.2 cm³/mol. The first kappa shape index (κ1) is 16.4. The summed E-state index contributed by atoms with van der Waals surface area (Å²) in [5.74, 6) is 0.336. The van der Waals surface area contributed by atoms with Gasteiger partial charge in [-0.2, -0.15) is 0 Å². The molecule has 1 rings (SSSR count). The number of amides is 1. The summed E-state index contributed by atoms with van der Waals surface area (Å²) in [7, 11) is 1.69. The number of nitrogens with one attached hydrogen (secondary N) is 1. The van der Waals surface area contributed by atoms with Gasteiger partial charge in [0.2, 0.25) is 5.91 Å². The maximum atomic E-state index is 13.0.